The lowest BCUT2D eigenvalue weighted by molar-refractivity contribution is 0.223. The van der Waals surface area contributed by atoms with Crippen molar-refractivity contribution in [2.24, 2.45) is 4.99 Å². The van der Waals surface area contributed by atoms with Gasteiger partial charge in [-0.3, -0.25) is 4.99 Å². The SMILES string of the molecule is CN=C(NCCCCN1CCCC1)NCC(C)Oc1cccc(C)c1. The highest BCUT2D eigenvalue weighted by atomic mass is 16.5. The van der Waals surface area contributed by atoms with E-state index in [1.165, 1.54) is 50.9 Å². The van der Waals surface area contributed by atoms with Crippen molar-refractivity contribution >= 4 is 5.96 Å². The fraction of sp³-hybridized carbons (Fsp3) is 0.650. The maximum atomic E-state index is 5.94. The standard InChI is InChI=1S/C20H34N4O/c1-17-9-8-10-19(15-17)25-18(2)16-23-20(21-3)22-11-4-5-12-24-13-6-7-14-24/h8-10,15,18H,4-7,11-14,16H2,1-3H3,(H2,21,22,23). The third-order valence-electron chi connectivity index (χ3n) is 4.50. The van der Waals surface area contributed by atoms with Gasteiger partial charge in [-0.15, -0.1) is 0 Å². The summed E-state index contributed by atoms with van der Waals surface area (Å²) in [5, 5.41) is 6.73. The highest BCUT2D eigenvalue weighted by Gasteiger charge is 2.10. The minimum absolute atomic E-state index is 0.0792. The molecular formula is C20H34N4O. The number of ether oxygens (including phenoxy) is 1. The lowest BCUT2D eigenvalue weighted by Crippen LogP contribution is -2.42. The van der Waals surface area contributed by atoms with Crippen molar-refractivity contribution in [3.63, 3.8) is 0 Å². The summed E-state index contributed by atoms with van der Waals surface area (Å²) in [6.07, 6.45) is 5.24. The molecule has 0 aromatic heterocycles. The molecule has 1 aliphatic heterocycles. The Morgan fingerprint density at radius 3 is 2.76 bits per heavy atom. The van der Waals surface area contributed by atoms with Crippen molar-refractivity contribution in [1.82, 2.24) is 15.5 Å². The topological polar surface area (TPSA) is 48.9 Å². The largest absolute Gasteiger partial charge is 0.489 e. The van der Waals surface area contributed by atoms with Gasteiger partial charge in [-0.1, -0.05) is 12.1 Å². The molecule has 25 heavy (non-hydrogen) atoms. The number of hydrogen-bond donors (Lipinski definition) is 2. The van der Waals surface area contributed by atoms with E-state index in [2.05, 4.69) is 46.5 Å². The molecular weight excluding hydrogens is 312 g/mol. The van der Waals surface area contributed by atoms with Gasteiger partial charge in [-0.25, -0.2) is 0 Å². The Bertz CT molecular complexity index is 526. The van der Waals surface area contributed by atoms with E-state index in [-0.39, 0.29) is 6.10 Å². The van der Waals surface area contributed by atoms with Crippen LogP contribution >= 0.6 is 0 Å². The fourth-order valence-electron chi connectivity index (χ4n) is 3.10. The van der Waals surface area contributed by atoms with Crippen LogP contribution in [0.5, 0.6) is 5.75 Å². The van der Waals surface area contributed by atoms with Crippen LogP contribution in [0.2, 0.25) is 0 Å². The van der Waals surface area contributed by atoms with Gasteiger partial charge in [-0.05, 0) is 76.9 Å². The van der Waals surface area contributed by atoms with Crippen molar-refractivity contribution in [2.75, 3.05) is 39.8 Å². The number of guanidine groups is 1. The maximum absolute atomic E-state index is 5.94. The minimum Gasteiger partial charge on any atom is -0.489 e. The number of nitrogens with zero attached hydrogens (tertiary/aromatic N) is 2. The van der Waals surface area contributed by atoms with Gasteiger partial charge in [0.25, 0.3) is 0 Å². The molecule has 0 amide bonds. The van der Waals surface area contributed by atoms with Crippen molar-refractivity contribution in [1.29, 1.82) is 0 Å². The molecule has 1 saturated heterocycles. The van der Waals surface area contributed by atoms with Crippen LogP contribution in [0.25, 0.3) is 0 Å². The molecule has 1 aromatic rings. The van der Waals surface area contributed by atoms with E-state index < -0.39 is 0 Å². The predicted octanol–water partition coefficient (Wildman–Crippen LogP) is 2.80. The molecule has 2 N–H and O–H groups in total. The quantitative estimate of drug-likeness (QED) is 0.410. The number of unbranched alkanes of at least 4 members (excludes halogenated alkanes) is 1. The van der Waals surface area contributed by atoms with Crippen LogP contribution in [-0.4, -0.2) is 56.7 Å². The number of benzene rings is 1. The molecule has 0 spiro atoms. The van der Waals surface area contributed by atoms with Crippen molar-refractivity contribution in [3.8, 4) is 5.75 Å². The number of hydrogen-bond acceptors (Lipinski definition) is 3. The number of aliphatic imine (C=N–C) groups is 1. The van der Waals surface area contributed by atoms with E-state index in [9.17, 15) is 0 Å². The molecule has 1 unspecified atom stereocenters. The highest BCUT2D eigenvalue weighted by molar-refractivity contribution is 5.79. The lowest BCUT2D eigenvalue weighted by atomic mass is 10.2. The van der Waals surface area contributed by atoms with Crippen LogP contribution in [0.4, 0.5) is 0 Å². The summed E-state index contributed by atoms with van der Waals surface area (Å²) < 4.78 is 5.94. The summed E-state index contributed by atoms with van der Waals surface area (Å²) in [6.45, 7) is 9.63. The third-order valence-corrected chi connectivity index (χ3v) is 4.50. The second-order valence-corrected chi connectivity index (χ2v) is 6.88. The molecule has 1 atom stereocenters. The average Bonchev–Trinajstić information content (AvgIpc) is 3.10. The molecule has 140 valence electrons. The van der Waals surface area contributed by atoms with Gasteiger partial charge >= 0.3 is 0 Å². The van der Waals surface area contributed by atoms with Crippen molar-refractivity contribution < 1.29 is 4.74 Å². The number of likely N-dealkylation sites (tertiary alicyclic amines) is 1. The van der Waals surface area contributed by atoms with Gasteiger partial charge in [-0.2, -0.15) is 0 Å². The van der Waals surface area contributed by atoms with Crippen LogP contribution in [0.1, 0.15) is 38.2 Å². The van der Waals surface area contributed by atoms with Gasteiger partial charge in [0.05, 0.1) is 6.54 Å². The summed E-state index contributed by atoms with van der Waals surface area (Å²) >= 11 is 0. The zero-order valence-corrected chi connectivity index (χ0v) is 16.1. The Hall–Kier alpha value is -1.75. The summed E-state index contributed by atoms with van der Waals surface area (Å²) in [6, 6.07) is 8.15. The van der Waals surface area contributed by atoms with Crippen molar-refractivity contribution in [2.45, 2.75) is 45.6 Å². The minimum atomic E-state index is 0.0792. The monoisotopic (exact) mass is 346 g/mol. The van der Waals surface area contributed by atoms with Gasteiger partial charge in [0.1, 0.15) is 11.9 Å². The lowest BCUT2D eigenvalue weighted by Gasteiger charge is -2.18. The zero-order valence-electron chi connectivity index (χ0n) is 16.1. The smallest absolute Gasteiger partial charge is 0.191 e. The fourth-order valence-corrected chi connectivity index (χ4v) is 3.10. The molecule has 2 rings (SSSR count). The van der Waals surface area contributed by atoms with Crippen LogP contribution in [0.15, 0.2) is 29.3 Å². The van der Waals surface area contributed by atoms with Gasteiger partial charge < -0.3 is 20.3 Å². The molecule has 0 bridgehead atoms. The van der Waals surface area contributed by atoms with Crippen LogP contribution in [0.3, 0.4) is 0 Å². The molecule has 0 saturated carbocycles. The zero-order chi connectivity index (χ0) is 17.9. The second-order valence-electron chi connectivity index (χ2n) is 6.88. The summed E-state index contributed by atoms with van der Waals surface area (Å²) in [5.41, 5.74) is 1.21. The summed E-state index contributed by atoms with van der Waals surface area (Å²) in [5.74, 6) is 1.76. The van der Waals surface area contributed by atoms with Crippen LogP contribution in [-0.2, 0) is 0 Å². The second kappa shape index (κ2) is 11.0. The molecule has 0 aliphatic carbocycles. The van der Waals surface area contributed by atoms with Gasteiger partial charge in [0, 0.05) is 13.6 Å². The van der Waals surface area contributed by atoms with Crippen molar-refractivity contribution in [3.05, 3.63) is 29.8 Å². The van der Waals surface area contributed by atoms with E-state index in [0.29, 0.717) is 0 Å². The molecule has 1 heterocycles. The Morgan fingerprint density at radius 2 is 2.04 bits per heavy atom. The highest BCUT2D eigenvalue weighted by Crippen LogP contribution is 2.13. The Kier molecular flexibility index (Phi) is 8.60. The first-order valence-electron chi connectivity index (χ1n) is 9.57. The van der Waals surface area contributed by atoms with E-state index in [1.54, 1.807) is 0 Å². The predicted molar refractivity (Wildman–Crippen MR) is 106 cm³/mol. The summed E-state index contributed by atoms with van der Waals surface area (Å²) in [4.78, 5) is 6.85. The molecule has 5 heteroatoms. The molecule has 5 nitrogen and oxygen atoms in total. The first kappa shape index (κ1) is 19.6. The normalized spacial score (nSPS) is 16.7. The summed E-state index contributed by atoms with van der Waals surface area (Å²) in [7, 11) is 1.81. The Morgan fingerprint density at radius 1 is 1.24 bits per heavy atom. The number of nitrogens with one attached hydrogen (secondary N) is 2. The molecule has 0 radical (unpaired) electrons. The first-order chi connectivity index (χ1) is 12.2. The first-order valence-corrected chi connectivity index (χ1v) is 9.57. The molecule has 1 fully saturated rings. The van der Waals surface area contributed by atoms with Gasteiger partial charge in [0.2, 0.25) is 0 Å². The third kappa shape index (κ3) is 7.78. The number of aryl methyl sites for hydroxylation is 1. The molecule has 1 aromatic carbocycles. The Labute approximate surface area is 152 Å². The van der Waals surface area contributed by atoms with Crippen LogP contribution < -0.4 is 15.4 Å². The van der Waals surface area contributed by atoms with E-state index in [4.69, 9.17) is 4.74 Å². The average molecular weight is 347 g/mol. The molecule has 1 aliphatic rings. The van der Waals surface area contributed by atoms with E-state index in [1.807, 2.05) is 19.2 Å². The number of rotatable bonds is 9. The van der Waals surface area contributed by atoms with E-state index in [0.717, 1.165) is 24.8 Å². The van der Waals surface area contributed by atoms with E-state index >= 15 is 0 Å². The Balaban J connectivity index is 1.57. The van der Waals surface area contributed by atoms with Gasteiger partial charge in [0.15, 0.2) is 5.96 Å². The maximum Gasteiger partial charge on any atom is 0.191 e. The van der Waals surface area contributed by atoms with Crippen LogP contribution in [0, 0.1) is 6.92 Å².